The zero-order valence-electron chi connectivity index (χ0n) is 16.7. The van der Waals surface area contributed by atoms with Crippen LogP contribution in [0.5, 0.6) is 5.75 Å². The second-order valence-corrected chi connectivity index (χ2v) is 6.83. The van der Waals surface area contributed by atoms with Crippen molar-refractivity contribution in [1.82, 2.24) is 15.5 Å². The summed E-state index contributed by atoms with van der Waals surface area (Å²) in [7, 11) is 1.67. The Bertz CT molecular complexity index is 1070. The van der Waals surface area contributed by atoms with Crippen LogP contribution in [0.25, 0.3) is 11.5 Å². The first kappa shape index (κ1) is 19.0. The smallest absolute Gasteiger partial charge is 0.251 e. The molecule has 0 bridgehead atoms. The van der Waals surface area contributed by atoms with Gasteiger partial charge in [0, 0.05) is 0 Å². The number of benzene rings is 2. The lowest BCUT2D eigenvalue weighted by Crippen LogP contribution is -2.22. The number of nitrogens with one attached hydrogen (secondary N) is 1. The fourth-order valence-electron chi connectivity index (χ4n) is 3.34. The molecule has 148 valence electrons. The van der Waals surface area contributed by atoms with Crippen molar-refractivity contribution in [2.75, 3.05) is 7.11 Å². The molecule has 0 saturated carbocycles. The average Bonchev–Trinajstić information content (AvgIpc) is 3.35. The van der Waals surface area contributed by atoms with Crippen molar-refractivity contribution in [1.29, 1.82) is 0 Å². The van der Waals surface area contributed by atoms with E-state index in [1.165, 1.54) is 0 Å². The summed E-state index contributed by atoms with van der Waals surface area (Å²) in [6, 6.07) is 20.2. The zero-order valence-corrected chi connectivity index (χ0v) is 16.7. The van der Waals surface area contributed by atoms with E-state index in [1.54, 1.807) is 7.11 Å². The van der Waals surface area contributed by atoms with Gasteiger partial charge in [-0.3, -0.25) is 5.32 Å². The monoisotopic (exact) mass is 389 g/mol. The summed E-state index contributed by atoms with van der Waals surface area (Å²) in [5.74, 6) is 3.41. The molecule has 29 heavy (non-hydrogen) atoms. The first-order valence-electron chi connectivity index (χ1n) is 9.46. The Balaban J connectivity index is 1.55. The molecule has 0 fully saturated rings. The average molecular weight is 389 g/mol. The number of nitrogens with zero attached hydrogens (tertiary/aromatic N) is 2. The van der Waals surface area contributed by atoms with Crippen LogP contribution in [0.3, 0.4) is 0 Å². The van der Waals surface area contributed by atoms with Crippen LogP contribution in [0.15, 0.2) is 69.5 Å². The van der Waals surface area contributed by atoms with Crippen molar-refractivity contribution in [2.24, 2.45) is 0 Å². The predicted octanol–water partition coefficient (Wildman–Crippen LogP) is 4.83. The Morgan fingerprint density at radius 3 is 2.31 bits per heavy atom. The number of hydrogen-bond donors (Lipinski definition) is 1. The molecule has 1 N–H and O–H groups in total. The molecule has 0 aliphatic rings. The number of aromatic nitrogens is 2. The van der Waals surface area contributed by atoms with Crippen LogP contribution in [0.1, 0.15) is 34.6 Å². The van der Waals surface area contributed by atoms with E-state index in [0.29, 0.717) is 18.3 Å². The van der Waals surface area contributed by atoms with E-state index in [0.717, 1.165) is 34.0 Å². The van der Waals surface area contributed by atoms with E-state index in [-0.39, 0.29) is 6.04 Å². The molecule has 2 heterocycles. The van der Waals surface area contributed by atoms with E-state index >= 15 is 0 Å². The van der Waals surface area contributed by atoms with Crippen molar-refractivity contribution < 1.29 is 13.6 Å². The maximum absolute atomic E-state index is 5.86. The van der Waals surface area contributed by atoms with E-state index < -0.39 is 0 Å². The number of hydrogen-bond acceptors (Lipinski definition) is 6. The van der Waals surface area contributed by atoms with Gasteiger partial charge in [0.05, 0.1) is 25.3 Å². The van der Waals surface area contributed by atoms with Crippen molar-refractivity contribution in [3.05, 3.63) is 89.2 Å². The SMILES string of the molecule is COc1ccc(C(NCc2nnc(-c3cc(C)oc3C)o2)c2ccccc2)cc1. The molecule has 0 amide bonds. The molecule has 6 heteroatoms. The largest absolute Gasteiger partial charge is 0.497 e. The number of furan rings is 1. The highest BCUT2D eigenvalue weighted by molar-refractivity contribution is 5.55. The quantitative estimate of drug-likeness (QED) is 0.488. The molecular formula is C23H23N3O3. The van der Waals surface area contributed by atoms with Gasteiger partial charge in [-0.1, -0.05) is 42.5 Å². The fourth-order valence-corrected chi connectivity index (χ4v) is 3.34. The molecule has 2 aromatic carbocycles. The van der Waals surface area contributed by atoms with Gasteiger partial charge >= 0.3 is 0 Å². The number of methoxy groups -OCH3 is 1. The highest BCUT2D eigenvalue weighted by Crippen LogP contribution is 2.27. The van der Waals surface area contributed by atoms with Crippen LogP contribution in [0.2, 0.25) is 0 Å². The molecule has 2 aromatic heterocycles. The minimum Gasteiger partial charge on any atom is -0.497 e. The molecule has 6 nitrogen and oxygen atoms in total. The fraction of sp³-hybridized carbons (Fsp3) is 0.217. The Labute approximate surface area is 169 Å². The van der Waals surface area contributed by atoms with Crippen LogP contribution in [0, 0.1) is 13.8 Å². The van der Waals surface area contributed by atoms with Crippen LogP contribution >= 0.6 is 0 Å². The molecule has 0 aliphatic heterocycles. The van der Waals surface area contributed by atoms with E-state index in [2.05, 4.69) is 39.8 Å². The second-order valence-electron chi connectivity index (χ2n) is 6.83. The summed E-state index contributed by atoms with van der Waals surface area (Å²) in [4.78, 5) is 0. The van der Waals surface area contributed by atoms with E-state index in [9.17, 15) is 0 Å². The van der Waals surface area contributed by atoms with Gasteiger partial charge in [0.25, 0.3) is 5.89 Å². The van der Waals surface area contributed by atoms with Gasteiger partial charge in [-0.2, -0.15) is 0 Å². The molecule has 4 aromatic rings. The van der Waals surface area contributed by atoms with Crippen molar-refractivity contribution in [3.63, 3.8) is 0 Å². The van der Waals surface area contributed by atoms with Crippen molar-refractivity contribution >= 4 is 0 Å². The first-order valence-corrected chi connectivity index (χ1v) is 9.46. The molecular weight excluding hydrogens is 366 g/mol. The minimum atomic E-state index is -0.0182. The van der Waals surface area contributed by atoms with Gasteiger partial charge in [-0.15, -0.1) is 10.2 Å². The van der Waals surface area contributed by atoms with E-state index in [1.807, 2.05) is 50.2 Å². The Kier molecular flexibility index (Phi) is 5.44. The summed E-state index contributed by atoms with van der Waals surface area (Å²) in [6.45, 7) is 4.22. The third-order valence-corrected chi connectivity index (χ3v) is 4.78. The maximum atomic E-state index is 5.86. The molecule has 0 spiro atoms. The Morgan fingerprint density at radius 2 is 1.66 bits per heavy atom. The maximum Gasteiger partial charge on any atom is 0.251 e. The van der Waals surface area contributed by atoms with Crippen LogP contribution in [-0.2, 0) is 6.54 Å². The topological polar surface area (TPSA) is 73.3 Å². The predicted molar refractivity (Wildman–Crippen MR) is 110 cm³/mol. The van der Waals surface area contributed by atoms with Gasteiger partial charge in [-0.25, -0.2) is 0 Å². The van der Waals surface area contributed by atoms with Gasteiger partial charge < -0.3 is 13.6 Å². The summed E-state index contributed by atoms with van der Waals surface area (Å²) >= 11 is 0. The van der Waals surface area contributed by atoms with Gasteiger partial charge in [-0.05, 0) is 43.2 Å². The third kappa shape index (κ3) is 4.22. The molecule has 0 saturated heterocycles. The van der Waals surface area contributed by atoms with E-state index in [4.69, 9.17) is 13.6 Å². The molecule has 1 unspecified atom stereocenters. The lowest BCUT2D eigenvalue weighted by Gasteiger charge is -2.19. The number of ether oxygens (including phenoxy) is 1. The lowest BCUT2D eigenvalue weighted by atomic mass is 9.98. The Morgan fingerprint density at radius 1 is 0.931 bits per heavy atom. The normalized spacial score (nSPS) is 12.1. The lowest BCUT2D eigenvalue weighted by molar-refractivity contribution is 0.414. The zero-order chi connectivity index (χ0) is 20.2. The van der Waals surface area contributed by atoms with Crippen LogP contribution < -0.4 is 10.1 Å². The van der Waals surface area contributed by atoms with Gasteiger partial charge in [0.1, 0.15) is 17.3 Å². The summed E-state index contributed by atoms with van der Waals surface area (Å²) in [5.41, 5.74) is 3.10. The minimum absolute atomic E-state index is 0.0182. The second kappa shape index (κ2) is 8.32. The molecule has 4 rings (SSSR count). The van der Waals surface area contributed by atoms with Gasteiger partial charge in [0.15, 0.2) is 0 Å². The third-order valence-electron chi connectivity index (χ3n) is 4.78. The van der Waals surface area contributed by atoms with Crippen LogP contribution in [0.4, 0.5) is 0 Å². The molecule has 0 aliphatic carbocycles. The van der Waals surface area contributed by atoms with Crippen LogP contribution in [-0.4, -0.2) is 17.3 Å². The highest BCUT2D eigenvalue weighted by atomic mass is 16.5. The Hall–Kier alpha value is -3.38. The first-order chi connectivity index (χ1) is 14.1. The van der Waals surface area contributed by atoms with Crippen molar-refractivity contribution in [3.8, 4) is 17.2 Å². The van der Waals surface area contributed by atoms with Gasteiger partial charge in [0.2, 0.25) is 5.89 Å². The molecule has 0 radical (unpaired) electrons. The standard InChI is InChI=1S/C23H23N3O3/c1-15-13-20(16(2)28-15)23-26-25-21(29-23)14-24-22(17-7-5-4-6-8-17)18-9-11-19(27-3)12-10-18/h4-13,22,24H,14H2,1-3H3. The summed E-state index contributed by atoms with van der Waals surface area (Å²) in [5, 5.41) is 11.9. The molecule has 1 atom stereocenters. The highest BCUT2D eigenvalue weighted by Gasteiger charge is 2.17. The summed E-state index contributed by atoms with van der Waals surface area (Å²) < 4.78 is 16.7. The number of rotatable bonds is 7. The number of aryl methyl sites for hydroxylation is 2. The van der Waals surface area contributed by atoms with Crippen molar-refractivity contribution in [2.45, 2.75) is 26.4 Å². The summed E-state index contributed by atoms with van der Waals surface area (Å²) in [6.07, 6.45) is 0.